The number of carbonyl (C=O) groups is 1. The van der Waals surface area contributed by atoms with Crippen molar-refractivity contribution in [3.8, 4) is 11.3 Å². The van der Waals surface area contributed by atoms with Gasteiger partial charge in [-0.05, 0) is 25.5 Å². The van der Waals surface area contributed by atoms with E-state index in [1.54, 1.807) is 7.05 Å². The van der Waals surface area contributed by atoms with Crippen LogP contribution in [0.5, 0.6) is 0 Å². The van der Waals surface area contributed by atoms with Crippen LogP contribution in [0.2, 0.25) is 0 Å². The number of hydrogen-bond donors (Lipinski definition) is 1. The van der Waals surface area contributed by atoms with Crippen LogP contribution in [0, 0.1) is 0 Å². The molecule has 0 saturated carbocycles. The molecule has 0 radical (unpaired) electrons. The van der Waals surface area contributed by atoms with E-state index < -0.39 is 17.6 Å². The van der Waals surface area contributed by atoms with Gasteiger partial charge in [0.05, 0.1) is 28.4 Å². The van der Waals surface area contributed by atoms with Gasteiger partial charge in [0, 0.05) is 32.4 Å². The van der Waals surface area contributed by atoms with Crippen molar-refractivity contribution < 1.29 is 22.7 Å². The van der Waals surface area contributed by atoms with Crippen LogP contribution in [0.1, 0.15) is 29.3 Å². The smallest absolute Gasteiger partial charge is 0.382 e. The van der Waals surface area contributed by atoms with Crippen molar-refractivity contribution >= 4 is 16.9 Å². The molecule has 0 spiro atoms. The highest BCUT2D eigenvalue weighted by Crippen LogP contribution is 2.37. The fraction of sp³-hybridized carbons (Fsp3) is 0.350. The topological polar surface area (TPSA) is 69.0 Å². The number of fused-ring (bicyclic) bond motifs is 1. The van der Waals surface area contributed by atoms with E-state index in [4.69, 9.17) is 4.74 Å². The number of alkyl halides is 3. The number of ether oxygens (including phenoxy) is 1. The molecule has 0 aliphatic heterocycles. The standard InChI is InChI=1S/C20H21F3N4O2/c1-3-29-10-6-9-24-19(28)14-11-17(26-18-15(14)12-25-27(18)2)13-7-4-5-8-16(13)20(21,22)23/h4-5,7-8,11-12H,3,6,9-10H2,1-2H3,(H,24,28). The van der Waals surface area contributed by atoms with E-state index in [2.05, 4.69) is 15.4 Å². The summed E-state index contributed by atoms with van der Waals surface area (Å²) in [7, 11) is 1.62. The summed E-state index contributed by atoms with van der Waals surface area (Å²) in [4.78, 5) is 17.1. The Bertz CT molecular complexity index is 1010. The second-order valence-corrected chi connectivity index (χ2v) is 6.41. The number of halogens is 3. The van der Waals surface area contributed by atoms with E-state index in [-0.39, 0.29) is 16.8 Å². The lowest BCUT2D eigenvalue weighted by Gasteiger charge is -2.14. The van der Waals surface area contributed by atoms with E-state index in [1.165, 1.54) is 35.1 Å². The molecule has 0 aliphatic carbocycles. The van der Waals surface area contributed by atoms with E-state index in [0.717, 1.165) is 6.07 Å². The Labute approximate surface area is 165 Å². The van der Waals surface area contributed by atoms with Gasteiger partial charge in [-0.25, -0.2) is 4.98 Å². The zero-order valence-corrected chi connectivity index (χ0v) is 16.1. The van der Waals surface area contributed by atoms with Gasteiger partial charge in [-0.15, -0.1) is 0 Å². The monoisotopic (exact) mass is 406 g/mol. The lowest BCUT2D eigenvalue weighted by Crippen LogP contribution is -2.25. The van der Waals surface area contributed by atoms with Crippen molar-refractivity contribution in [1.29, 1.82) is 0 Å². The van der Waals surface area contributed by atoms with Crippen LogP contribution in [0.25, 0.3) is 22.3 Å². The minimum atomic E-state index is -4.54. The molecule has 1 aromatic carbocycles. The summed E-state index contributed by atoms with van der Waals surface area (Å²) < 4.78 is 47.0. The van der Waals surface area contributed by atoms with Gasteiger partial charge in [0.15, 0.2) is 5.65 Å². The van der Waals surface area contributed by atoms with Gasteiger partial charge in [0.2, 0.25) is 0 Å². The second kappa shape index (κ2) is 8.60. The molecule has 29 heavy (non-hydrogen) atoms. The predicted molar refractivity (Wildman–Crippen MR) is 102 cm³/mol. The molecule has 0 bridgehead atoms. The number of nitrogens with one attached hydrogen (secondary N) is 1. The van der Waals surface area contributed by atoms with Crippen LogP contribution < -0.4 is 5.32 Å². The largest absolute Gasteiger partial charge is 0.417 e. The lowest BCUT2D eigenvalue weighted by atomic mass is 10.0. The van der Waals surface area contributed by atoms with E-state index in [9.17, 15) is 18.0 Å². The molecule has 0 unspecified atom stereocenters. The zero-order valence-electron chi connectivity index (χ0n) is 16.1. The molecule has 2 heterocycles. The molecule has 1 amide bonds. The number of aryl methyl sites for hydroxylation is 1. The van der Waals surface area contributed by atoms with Gasteiger partial charge >= 0.3 is 6.18 Å². The first-order valence-corrected chi connectivity index (χ1v) is 9.18. The van der Waals surface area contributed by atoms with Crippen LogP contribution in [0.3, 0.4) is 0 Å². The Kier molecular flexibility index (Phi) is 6.17. The summed E-state index contributed by atoms with van der Waals surface area (Å²) >= 11 is 0. The lowest BCUT2D eigenvalue weighted by molar-refractivity contribution is -0.137. The number of nitrogens with zero attached hydrogens (tertiary/aromatic N) is 3. The summed E-state index contributed by atoms with van der Waals surface area (Å²) in [5.74, 6) is -0.396. The van der Waals surface area contributed by atoms with Crippen molar-refractivity contribution in [1.82, 2.24) is 20.1 Å². The number of amides is 1. The Morgan fingerprint density at radius 1 is 1.28 bits per heavy atom. The SMILES string of the molecule is CCOCCCNC(=O)c1cc(-c2ccccc2C(F)(F)F)nc2c1cnn2C. The molecule has 154 valence electrons. The Balaban J connectivity index is 2.01. The van der Waals surface area contributed by atoms with Crippen molar-refractivity contribution in [3.63, 3.8) is 0 Å². The highest BCUT2D eigenvalue weighted by molar-refractivity contribution is 6.06. The number of carbonyl (C=O) groups excluding carboxylic acids is 1. The number of aromatic nitrogens is 3. The maximum Gasteiger partial charge on any atom is 0.417 e. The van der Waals surface area contributed by atoms with E-state index >= 15 is 0 Å². The van der Waals surface area contributed by atoms with Crippen LogP contribution in [-0.2, 0) is 18.0 Å². The third kappa shape index (κ3) is 4.56. The van der Waals surface area contributed by atoms with Gasteiger partial charge in [0.1, 0.15) is 0 Å². The molecule has 0 aliphatic rings. The molecule has 6 nitrogen and oxygen atoms in total. The van der Waals surface area contributed by atoms with Gasteiger partial charge in [0.25, 0.3) is 5.91 Å². The van der Waals surface area contributed by atoms with Gasteiger partial charge < -0.3 is 10.1 Å². The number of rotatable bonds is 7. The van der Waals surface area contributed by atoms with Crippen LogP contribution in [-0.4, -0.2) is 40.4 Å². The minimum absolute atomic E-state index is 0.0634. The highest BCUT2D eigenvalue weighted by Gasteiger charge is 2.34. The molecule has 0 saturated heterocycles. The van der Waals surface area contributed by atoms with Crippen molar-refractivity contribution in [2.45, 2.75) is 19.5 Å². The third-order valence-corrected chi connectivity index (χ3v) is 4.41. The Morgan fingerprint density at radius 3 is 2.76 bits per heavy atom. The average Bonchev–Trinajstić information content (AvgIpc) is 3.07. The first-order valence-electron chi connectivity index (χ1n) is 9.18. The van der Waals surface area contributed by atoms with E-state index in [1.807, 2.05) is 6.92 Å². The average molecular weight is 406 g/mol. The summed E-state index contributed by atoms with van der Waals surface area (Å²) in [6.45, 7) is 3.38. The first-order chi connectivity index (χ1) is 13.8. The number of hydrogen-bond acceptors (Lipinski definition) is 4. The predicted octanol–water partition coefficient (Wildman–Crippen LogP) is 3.81. The quantitative estimate of drug-likeness (QED) is 0.606. The van der Waals surface area contributed by atoms with Crippen LogP contribution >= 0.6 is 0 Å². The summed E-state index contributed by atoms with van der Waals surface area (Å²) in [6, 6.07) is 6.55. The highest BCUT2D eigenvalue weighted by atomic mass is 19.4. The van der Waals surface area contributed by atoms with Crippen molar-refractivity contribution in [3.05, 3.63) is 47.7 Å². The fourth-order valence-electron chi connectivity index (χ4n) is 3.01. The Morgan fingerprint density at radius 2 is 2.03 bits per heavy atom. The summed E-state index contributed by atoms with van der Waals surface area (Å²) in [5, 5.41) is 7.35. The summed E-state index contributed by atoms with van der Waals surface area (Å²) in [6.07, 6.45) is -2.43. The van der Waals surface area contributed by atoms with Crippen LogP contribution in [0.15, 0.2) is 36.5 Å². The normalized spacial score (nSPS) is 11.8. The summed E-state index contributed by atoms with van der Waals surface area (Å²) in [5.41, 5.74) is -0.274. The first kappa shape index (κ1) is 20.8. The third-order valence-electron chi connectivity index (χ3n) is 4.41. The number of pyridine rings is 1. The Hall–Kier alpha value is -2.94. The van der Waals surface area contributed by atoms with Crippen molar-refractivity contribution in [2.75, 3.05) is 19.8 Å². The second-order valence-electron chi connectivity index (χ2n) is 6.41. The van der Waals surface area contributed by atoms with Crippen LogP contribution in [0.4, 0.5) is 13.2 Å². The molecule has 9 heteroatoms. The molecular weight excluding hydrogens is 385 g/mol. The minimum Gasteiger partial charge on any atom is -0.382 e. The van der Waals surface area contributed by atoms with Gasteiger partial charge in [-0.3, -0.25) is 9.48 Å². The molecule has 0 fully saturated rings. The maximum absolute atomic E-state index is 13.5. The van der Waals surface area contributed by atoms with Crippen molar-refractivity contribution in [2.24, 2.45) is 7.05 Å². The maximum atomic E-state index is 13.5. The van der Waals surface area contributed by atoms with Gasteiger partial charge in [-0.1, -0.05) is 18.2 Å². The fourth-order valence-corrected chi connectivity index (χ4v) is 3.01. The molecule has 3 aromatic rings. The number of benzene rings is 1. The van der Waals surface area contributed by atoms with E-state index in [0.29, 0.717) is 37.2 Å². The molecule has 0 atom stereocenters. The molecular formula is C20H21F3N4O2. The van der Waals surface area contributed by atoms with Gasteiger partial charge in [-0.2, -0.15) is 18.3 Å². The molecule has 3 rings (SSSR count). The molecule has 2 aromatic heterocycles. The zero-order chi connectivity index (χ0) is 21.0. The molecule has 1 N–H and O–H groups in total.